The SMILES string of the molecule is CC1(C)c2ccccc2-c2cc(-c3ccc4ccc5c(-c6cc7c(c8c6-c6ccccc6C8(C)C)C(C)(C)c6ccccc6-7)ccc6ccc3c4c65)c3c(c21)C(C)(C)c1ccccc1-3. The monoisotopic (exact) mass is 818 g/mol. The lowest BCUT2D eigenvalue weighted by atomic mass is 9.71. The van der Waals surface area contributed by atoms with Crippen molar-refractivity contribution in [3.63, 3.8) is 0 Å². The molecule has 0 fully saturated rings. The molecule has 0 atom stereocenters. The van der Waals surface area contributed by atoms with Crippen molar-refractivity contribution in [2.24, 2.45) is 0 Å². The van der Waals surface area contributed by atoms with Gasteiger partial charge in [-0.05, 0) is 156 Å². The van der Waals surface area contributed by atoms with Crippen LogP contribution in [0.2, 0.25) is 0 Å². The lowest BCUT2D eigenvalue weighted by Gasteiger charge is -2.31. The van der Waals surface area contributed by atoms with E-state index in [9.17, 15) is 0 Å². The molecule has 0 aliphatic heterocycles. The first-order valence-corrected chi connectivity index (χ1v) is 23.4. The number of hydrogen-bond donors (Lipinski definition) is 0. The number of fused-ring (bicyclic) bond motifs is 14. The molecule has 0 saturated carbocycles. The molecule has 0 nitrogen and oxygen atoms in total. The summed E-state index contributed by atoms with van der Waals surface area (Å²) in [6.07, 6.45) is 0. The van der Waals surface area contributed by atoms with E-state index in [1.807, 2.05) is 0 Å². The van der Waals surface area contributed by atoms with Crippen LogP contribution in [0.25, 0.3) is 99.1 Å². The van der Waals surface area contributed by atoms with E-state index >= 15 is 0 Å². The van der Waals surface area contributed by atoms with Crippen molar-refractivity contribution >= 4 is 32.3 Å². The van der Waals surface area contributed by atoms with Gasteiger partial charge in [-0.2, -0.15) is 0 Å². The third-order valence-electron chi connectivity index (χ3n) is 16.9. The summed E-state index contributed by atoms with van der Waals surface area (Å²) in [5.41, 5.74) is 27.6. The Bertz CT molecular complexity index is 3520. The van der Waals surface area contributed by atoms with Crippen molar-refractivity contribution in [1.29, 1.82) is 0 Å². The lowest BCUT2D eigenvalue weighted by Crippen LogP contribution is -2.24. The quantitative estimate of drug-likeness (QED) is 0.152. The lowest BCUT2D eigenvalue weighted by molar-refractivity contribution is 0.601. The normalized spacial score (nSPS) is 16.9. The van der Waals surface area contributed by atoms with Crippen molar-refractivity contribution in [3.05, 3.63) is 202 Å². The van der Waals surface area contributed by atoms with Crippen molar-refractivity contribution in [2.75, 3.05) is 0 Å². The fraction of sp³-hybridized carbons (Fsp3) is 0.188. The van der Waals surface area contributed by atoms with Gasteiger partial charge < -0.3 is 0 Å². The van der Waals surface area contributed by atoms with Crippen LogP contribution < -0.4 is 0 Å². The zero-order valence-electron chi connectivity index (χ0n) is 38.0. The summed E-state index contributed by atoms with van der Waals surface area (Å²) in [6, 6.07) is 61.2. The first-order valence-electron chi connectivity index (χ1n) is 23.4. The van der Waals surface area contributed by atoms with E-state index in [-0.39, 0.29) is 21.7 Å². The highest BCUT2D eigenvalue weighted by molar-refractivity contribution is 6.28. The standard InChI is InChI=1S/C64H50/c1-61(2)49-21-13-9-17-39(49)47-33-45(55-43-19-11-15-23-51(43)63(5,6)59(55)57(47)61)37-29-25-35-28-32-42-38(30-26-36-27-31-41(37)53(35)54(36)42)46-34-48-40-18-10-14-22-50(40)62(3,4)58(48)60-56(46)44-20-12-16-24-52(44)64(60,7)8/h9-34H,1-8H3. The van der Waals surface area contributed by atoms with E-state index in [0.29, 0.717) is 0 Å². The van der Waals surface area contributed by atoms with E-state index < -0.39 is 0 Å². The van der Waals surface area contributed by atoms with E-state index in [2.05, 4.69) is 213 Å². The third kappa shape index (κ3) is 4.18. The molecule has 0 heteroatoms. The van der Waals surface area contributed by atoms with Gasteiger partial charge in [-0.15, -0.1) is 0 Å². The molecule has 10 aromatic rings. The summed E-state index contributed by atoms with van der Waals surface area (Å²) in [4.78, 5) is 0. The maximum atomic E-state index is 2.57. The molecule has 64 heavy (non-hydrogen) atoms. The molecule has 0 amide bonds. The predicted octanol–water partition coefficient (Wildman–Crippen LogP) is 17.1. The van der Waals surface area contributed by atoms with Gasteiger partial charge in [0.15, 0.2) is 0 Å². The molecule has 0 heterocycles. The third-order valence-corrected chi connectivity index (χ3v) is 16.9. The molecular weight excluding hydrogens is 769 g/mol. The van der Waals surface area contributed by atoms with Crippen LogP contribution in [0.3, 0.4) is 0 Å². The largest absolute Gasteiger partial charge is 0.0619 e. The molecule has 4 aliphatic rings. The van der Waals surface area contributed by atoms with Gasteiger partial charge in [-0.25, -0.2) is 0 Å². The van der Waals surface area contributed by atoms with E-state index in [1.54, 1.807) is 0 Å². The van der Waals surface area contributed by atoms with E-state index in [0.717, 1.165) is 0 Å². The van der Waals surface area contributed by atoms with Gasteiger partial charge in [-0.3, -0.25) is 0 Å². The van der Waals surface area contributed by atoms with Gasteiger partial charge in [0.25, 0.3) is 0 Å². The van der Waals surface area contributed by atoms with Crippen molar-refractivity contribution in [2.45, 2.75) is 77.0 Å². The second-order valence-corrected chi connectivity index (χ2v) is 21.5. The molecule has 0 saturated heterocycles. The second kappa shape index (κ2) is 11.7. The average Bonchev–Trinajstić information content (AvgIpc) is 3.88. The van der Waals surface area contributed by atoms with Crippen molar-refractivity contribution in [1.82, 2.24) is 0 Å². The highest BCUT2D eigenvalue weighted by Gasteiger charge is 2.49. The molecule has 14 rings (SSSR count). The van der Waals surface area contributed by atoms with Crippen molar-refractivity contribution in [3.8, 4) is 66.8 Å². The molecule has 4 aliphatic carbocycles. The Morgan fingerprint density at radius 1 is 0.250 bits per heavy atom. The van der Waals surface area contributed by atoms with Gasteiger partial charge in [0.2, 0.25) is 0 Å². The molecular formula is C64H50. The Balaban J connectivity index is 1.08. The summed E-state index contributed by atoms with van der Waals surface area (Å²) < 4.78 is 0. The zero-order valence-corrected chi connectivity index (χ0v) is 38.0. The van der Waals surface area contributed by atoms with Gasteiger partial charge in [0, 0.05) is 21.7 Å². The predicted molar refractivity (Wildman–Crippen MR) is 271 cm³/mol. The molecule has 0 bridgehead atoms. The molecule has 0 unspecified atom stereocenters. The fourth-order valence-corrected chi connectivity index (χ4v) is 14.2. The summed E-state index contributed by atoms with van der Waals surface area (Å²) in [5, 5.41) is 7.95. The Hall–Kier alpha value is -6.76. The highest BCUT2D eigenvalue weighted by atomic mass is 14.5. The fourth-order valence-electron chi connectivity index (χ4n) is 14.2. The van der Waals surface area contributed by atoms with Crippen molar-refractivity contribution < 1.29 is 0 Å². The minimum atomic E-state index is -0.150. The molecule has 306 valence electrons. The van der Waals surface area contributed by atoms with Gasteiger partial charge in [0.1, 0.15) is 0 Å². The smallest absolute Gasteiger partial charge is 0.0162 e. The first-order chi connectivity index (χ1) is 30.8. The van der Waals surface area contributed by atoms with Crippen LogP contribution in [-0.4, -0.2) is 0 Å². The van der Waals surface area contributed by atoms with Crippen LogP contribution in [0.4, 0.5) is 0 Å². The minimum absolute atomic E-state index is 0.113. The zero-order chi connectivity index (χ0) is 43.4. The molecule has 10 aromatic carbocycles. The van der Waals surface area contributed by atoms with Gasteiger partial charge >= 0.3 is 0 Å². The maximum absolute atomic E-state index is 2.57. The van der Waals surface area contributed by atoms with Crippen LogP contribution in [-0.2, 0) is 21.7 Å². The van der Waals surface area contributed by atoms with E-state index in [1.165, 1.54) is 144 Å². The molecule has 0 radical (unpaired) electrons. The van der Waals surface area contributed by atoms with Crippen LogP contribution in [0.1, 0.15) is 99.9 Å². The maximum Gasteiger partial charge on any atom is 0.0162 e. The van der Waals surface area contributed by atoms with Crippen LogP contribution in [0.5, 0.6) is 0 Å². The summed E-state index contributed by atoms with van der Waals surface area (Å²) in [7, 11) is 0. The molecule has 0 aromatic heterocycles. The number of hydrogen-bond acceptors (Lipinski definition) is 0. The molecule has 0 spiro atoms. The number of rotatable bonds is 2. The van der Waals surface area contributed by atoms with Gasteiger partial charge in [-0.1, -0.05) is 201 Å². The van der Waals surface area contributed by atoms with Crippen LogP contribution >= 0.6 is 0 Å². The van der Waals surface area contributed by atoms with Gasteiger partial charge in [0.05, 0.1) is 0 Å². The first kappa shape index (κ1) is 36.7. The Kier molecular flexibility index (Phi) is 6.69. The minimum Gasteiger partial charge on any atom is -0.0619 e. The summed E-state index contributed by atoms with van der Waals surface area (Å²) in [6.45, 7) is 19.6. The Labute approximate surface area is 376 Å². The van der Waals surface area contributed by atoms with E-state index in [4.69, 9.17) is 0 Å². The second-order valence-electron chi connectivity index (χ2n) is 21.5. The summed E-state index contributed by atoms with van der Waals surface area (Å²) in [5.74, 6) is 0. The topological polar surface area (TPSA) is 0 Å². The number of benzene rings is 10. The van der Waals surface area contributed by atoms with Crippen LogP contribution in [0, 0.1) is 0 Å². The summed E-state index contributed by atoms with van der Waals surface area (Å²) >= 11 is 0. The average molecular weight is 819 g/mol. The molecule has 0 N–H and O–H groups in total. The van der Waals surface area contributed by atoms with Crippen LogP contribution in [0.15, 0.2) is 158 Å². The Morgan fingerprint density at radius 3 is 0.953 bits per heavy atom. The Morgan fingerprint density at radius 2 is 0.562 bits per heavy atom. The highest BCUT2D eigenvalue weighted by Crippen LogP contribution is 2.64.